The molecule has 1 aliphatic rings. The van der Waals surface area contributed by atoms with Crippen LogP contribution in [0.5, 0.6) is 0 Å². The number of carbonyl (C=O) groups is 2. The van der Waals surface area contributed by atoms with E-state index in [-0.39, 0.29) is 24.4 Å². The number of aromatic nitrogens is 2. The maximum absolute atomic E-state index is 12.2. The number of nitrogens with zero attached hydrogens (tertiary/aromatic N) is 3. The number of anilines is 1. The zero-order valence-corrected chi connectivity index (χ0v) is 13.3. The molecule has 0 spiro atoms. The van der Waals surface area contributed by atoms with E-state index in [9.17, 15) is 9.59 Å². The van der Waals surface area contributed by atoms with Crippen LogP contribution in [0.3, 0.4) is 0 Å². The summed E-state index contributed by atoms with van der Waals surface area (Å²) in [6.07, 6.45) is 3.77. The zero-order valence-electron chi connectivity index (χ0n) is 13.3. The number of benzene rings is 1. The molecule has 2 amide bonds. The molecule has 1 aromatic heterocycles. The fraction of sp³-hybridized carbons (Fsp3) is 0.353. The van der Waals surface area contributed by atoms with Gasteiger partial charge in [-0.2, -0.15) is 0 Å². The van der Waals surface area contributed by atoms with Crippen LogP contribution in [0.1, 0.15) is 17.8 Å². The van der Waals surface area contributed by atoms with E-state index in [4.69, 9.17) is 0 Å². The maximum Gasteiger partial charge on any atom is 0.240 e. The van der Waals surface area contributed by atoms with Gasteiger partial charge in [0.05, 0.1) is 6.04 Å². The fourth-order valence-corrected chi connectivity index (χ4v) is 2.78. The largest absolute Gasteiger partial charge is 0.349 e. The zero-order chi connectivity index (χ0) is 16.4. The molecule has 23 heavy (non-hydrogen) atoms. The van der Waals surface area contributed by atoms with E-state index in [1.165, 1.54) is 0 Å². The quantitative estimate of drug-likeness (QED) is 0.928. The van der Waals surface area contributed by atoms with Crippen LogP contribution in [0.4, 0.5) is 5.69 Å². The molecular formula is C17H20N4O2. The molecule has 1 saturated heterocycles. The Labute approximate surface area is 135 Å². The van der Waals surface area contributed by atoms with E-state index in [1.54, 1.807) is 21.9 Å². The molecule has 3 rings (SSSR count). The number of hydrogen-bond acceptors (Lipinski definition) is 3. The number of rotatable bonds is 4. The summed E-state index contributed by atoms with van der Waals surface area (Å²) in [6, 6.07) is 7.69. The minimum absolute atomic E-state index is 0.0398. The lowest BCUT2D eigenvalue weighted by molar-refractivity contribution is -0.122. The highest BCUT2D eigenvalue weighted by molar-refractivity contribution is 5.96. The number of aryl methyl sites for hydroxylation is 2. The summed E-state index contributed by atoms with van der Waals surface area (Å²) in [5.74, 6) is 0.733. The summed E-state index contributed by atoms with van der Waals surface area (Å²) in [4.78, 5) is 30.1. The Balaban J connectivity index is 1.60. The van der Waals surface area contributed by atoms with Gasteiger partial charge < -0.3 is 14.8 Å². The Hall–Kier alpha value is -2.63. The van der Waals surface area contributed by atoms with Crippen molar-refractivity contribution in [1.29, 1.82) is 0 Å². The van der Waals surface area contributed by atoms with E-state index in [0.29, 0.717) is 13.0 Å². The second kappa shape index (κ2) is 6.24. The normalized spacial score (nSPS) is 17.6. The molecule has 0 bridgehead atoms. The van der Waals surface area contributed by atoms with Gasteiger partial charge in [-0.05, 0) is 26.0 Å². The molecule has 0 unspecified atom stereocenters. The molecule has 1 aromatic carbocycles. The molecule has 0 radical (unpaired) electrons. The Bertz CT molecular complexity index is 720. The third-order valence-electron chi connectivity index (χ3n) is 4.07. The summed E-state index contributed by atoms with van der Waals surface area (Å²) in [7, 11) is 0. The predicted octanol–water partition coefficient (Wildman–Crippen LogP) is 1.42. The maximum atomic E-state index is 12.2. The number of hydrogen-bond donors (Lipinski definition) is 1. The highest BCUT2D eigenvalue weighted by Gasteiger charge is 2.31. The van der Waals surface area contributed by atoms with Crippen LogP contribution in [0.25, 0.3) is 0 Å². The topological polar surface area (TPSA) is 67.2 Å². The molecule has 0 saturated carbocycles. The minimum atomic E-state index is -0.153. The Morgan fingerprint density at radius 3 is 2.70 bits per heavy atom. The molecule has 6 heteroatoms. The highest BCUT2D eigenvalue weighted by Crippen LogP contribution is 2.21. The van der Waals surface area contributed by atoms with Crippen LogP contribution < -0.4 is 10.2 Å². The van der Waals surface area contributed by atoms with Gasteiger partial charge in [-0.1, -0.05) is 17.7 Å². The molecule has 1 fully saturated rings. The molecule has 120 valence electrons. The number of amides is 2. The molecule has 0 aliphatic carbocycles. The first-order chi connectivity index (χ1) is 11.0. The van der Waals surface area contributed by atoms with Crippen molar-refractivity contribution in [3.63, 3.8) is 0 Å². The van der Waals surface area contributed by atoms with Crippen molar-refractivity contribution < 1.29 is 9.59 Å². The van der Waals surface area contributed by atoms with Crippen LogP contribution in [-0.4, -0.2) is 34.0 Å². The Morgan fingerprint density at radius 1 is 1.30 bits per heavy atom. The number of carbonyl (C=O) groups excluding carboxylic acids is 2. The van der Waals surface area contributed by atoms with Gasteiger partial charge in [0.25, 0.3) is 0 Å². The van der Waals surface area contributed by atoms with Crippen LogP contribution in [0, 0.1) is 13.8 Å². The first-order valence-corrected chi connectivity index (χ1v) is 7.67. The predicted molar refractivity (Wildman–Crippen MR) is 87.0 cm³/mol. The SMILES string of the molecule is Cc1ccc(N2C[C@@H](NC(=O)Cn3ccnc3C)CC2=O)cc1. The Kier molecular flexibility index (Phi) is 4.14. The lowest BCUT2D eigenvalue weighted by Gasteiger charge is -2.17. The third-order valence-corrected chi connectivity index (χ3v) is 4.07. The first-order valence-electron chi connectivity index (χ1n) is 7.67. The second-order valence-corrected chi connectivity index (χ2v) is 5.91. The molecule has 1 N–H and O–H groups in total. The summed E-state index contributed by atoms with van der Waals surface area (Å²) >= 11 is 0. The van der Waals surface area contributed by atoms with Gasteiger partial charge in [0.2, 0.25) is 11.8 Å². The molecule has 2 aromatic rings. The van der Waals surface area contributed by atoms with Crippen molar-refractivity contribution in [3.8, 4) is 0 Å². The number of imidazole rings is 1. The average Bonchev–Trinajstić information content (AvgIpc) is 3.06. The summed E-state index contributed by atoms with van der Waals surface area (Å²) in [5.41, 5.74) is 2.03. The van der Waals surface area contributed by atoms with Crippen molar-refractivity contribution in [1.82, 2.24) is 14.9 Å². The monoisotopic (exact) mass is 312 g/mol. The smallest absolute Gasteiger partial charge is 0.240 e. The van der Waals surface area contributed by atoms with Gasteiger partial charge >= 0.3 is 0 Å². The summed E-state index contributed by atoms with van der Waals surface area (Å²) < 4.78 is 1.78. The molecule has 6 nitrogen and oxygen atoms in total. The van der Waals surface area contributed by atoms with Crippen molar-refractivity contribution in [2.45, 2.75) is 32.9 Å². The molecular weight excluding hydrogens is 292 g/mol. The van der Waals surface area contributed by atoms with Crippen LogP contribution in [0.2, 0.25) is 0 Å². The average molecular weight is 312 g/mol. The standard InChI is InChI=1S/C17H20N4O2/c1-12-3-5-15(6-4-12)21-10-14(9-17(21)23)19-16(22)11-20-8-7-18-13(20)2/h3-8,14H,9-11H2,1-2H3,(H,19,22)/t14-/m0/s1. The lowest BCUT2D eigenvalue weighted by Crippen LogP contribution is -2.39. The summed E-state index contributed by atoms with van der Waals surface area (Å²) in [6.45, 7) is 4.60. The van der Waals surface area contributed by atoms with Crippen LogP contribution in [0.15, 0.2) is 36.7 Å². The lowest BCUT2D eigenvalue weighted by atomic mass is 10.2. The van der Waals surface area contributed by atoms with Crippen molar-refractivity contribution in [2.24, 2.45) is 0 Å². The third kappa shape index (κ3) is 3.41. The van der Waals surface area contributed by atoms with Gasteiger partial charge in [0, 0.05) is 31.0 Å². The molecule has 1 aliphatic heterocycles. The van der Waals surface area contributed by atoms with Crippen molar-refractivity contribution >= 4 is 17.5 Å². The van der Waals surface area contributed by atoms with Crippen molar-refractivity contribution in [3.05, 3.63) is 48.0 Å². The number of nitrogens with one attached hydrogen (secondary N) is 1. The Morgan fingerprint density at radius 2 is 2.04 bits per heavy atom. The second-order valence-electron chi connectivity index (χ2n) is 5.91. The highest BCUT2D eigenvalue weighted by atomic mass is 16.2. The molecule has 1 atom stereocenters. The van der Waals surface area contributed by atoms with E-state index in [1.807, 2.05) is 38.1 Å². The van der Waals surface area contributed by atoms with Crippen LogP contribution in [-0.2, 0) is 16.1 Å². The van der Waals surface area contributed by atoms with E-state index in [2.05, 4.69) is 10.3 Å². The van der Waals surface area contributed by atoms with Gasteiger partial charge in [0.15, 0.2) is 0 Å². The van der Waals surface area contributed by atoms with Crippen LogP contribution >= 0.6 is 0 Å². The molecule has 2 heterocycles. The van der Waals surface area contributed by atoms with Crippen molar-refractivity contribution in [2.75, 3.05) is 11.4 Å². The minimum Gasteiger partial charge on any atom is -0.349 e. The van der Waals surface area contributed by atoms with E-state index >= 15 is 0 Å². The van der Waals surface area contributed by atoms with Gasteiger partial charge in [-0.15, -0.1) is 0 Å². The van der Waals surface area contributed by atoms with E-state index < -0.39 is 0 Å². The first kappa shape index (κ1) is 15.3. The van der Waals surface area contributed by atoms with E-state index in [0.717, 1.165) is 17.1 Å². The van der Waals surface area contributed by atoms with Gasteiger partial charge in [-0.3, -0.25) is 9.59 Å². The van der Waals surface area contributed by atoms with Gasteiger partial charge in [0.1, 0.15) is 12.4 Å². The fourth-order valence-electron chi connectivity index (χ4n) is 2.78. The van der Waals surface area contributed by atoms with Gasteiger partial charge in [-0.25, -0.2) is 4.98 Å². The summed E-state index contributed by atoms with van der Waals surface area (Å²) in [5, 5.41) is 2.94.